The number of carbonyl (C=O) groups excluding carboxylic acids is 1. The largest absolute Gasteiger partial charge is 0.322 e. The van der Waals surface area contributed by atoms with Crippen LogP contribution in [0, 0.1) is 0 Å². The Hall–Kier alpha value is -1.87. The molecule has 0 saturated heterocycles. The smallest absolute Gasteiger partial charge is 0.251 e. The molecule has 2 aromatic carbocycles. The monoisotopic (exact) mass is 315 g/mol. The van der Waals surface area contributed by atoms with E-state index in [9.17, 15) is 4.79 Å². The fraction of sp³-hybridized carbons (Fsp3) is 0.0625. The van der Waals surface area contributed by atoms with Crippen LogP contribution in [0.1, 0.15) is 12.5 Å². The summed E-state index contributed by atoms with van der Waals surface area (Å²) in [7, 11) is 0. The maximum absolute atomic E-state index is 12.0. The number of nitrogens with one attached hydrogen (secondary N) is 1. The van der Waals surface area contributed by atoms with Gasteiger partial charge >= 0.3 is 0 Å². The standard InChI is InChI=1S/C16H14BrNO/c1-12(10-13-6-3-2-4-7-13)16(19)18-15-9-5-8-14(17)11-15/h2-11H,1H3,(H,18,19)/b12-10+. The number of rotatable bonds is 3. The van der Waals surface area contributed by atoms with Gasteiger partial charge in [-0.1, -0.05) is 52.3 Å². The van der Waals surface area contributed by atoms with Gasteiger partial charge in [-0.25, -0.2) is 0 Å². The summed E-state index contributed by atoms with van der Waals surface area (Å²) in [5.74, 6) is -0.0954. The van der Waals surface area contributed by atoms with Crippen molar-refractivity contribution in [2.24, 2.45) is 0 Å². The normalized spacial score (nSPS) is 11.2. The van der Waals surface area contributed by atoms with E-state index in [-0.39, 0.29) is 5.91 Å². The lowest BCUT2D eigenvalue weighted by atomic mass is 10.1. The summed E-state index contributed by atoms with van der Waals surface area (Å²) in [5, 5.41) is 2.87. The molecule has 3 heteroatoms. The van der Waals surface area contributed by atoms with Gasteiger partial charge in [0.05, 0.1) is 0 Å². The molecule has 0 aliphatic rings. The van der Waals surface area contributed by atoms with Crippen LogP contribution in [-0.4, -0.2) is 5.91 Å². The number of halogens is 1. The van der Waals surface area contributed by atoms with Crippen molar-refractivity contribution >= 4 is 33.6 Å². The molecule has 0 aliphatic heterocycles. The second-order valence-corrected chi connectivity index (χ2v) is 5.12. The zero-order valence-electron chi connectivity index (χ0n) is 10.6. The molecular weight excluding hydrogens is 302 g/mol. The van der Waals surface area contributed by atoms with E-state index in [2.05, 4.69) is 21.2 Å². The molecule has 2 rings (SSSR count). The Morgan fingerprint density at radius 1 is 1.11 bits per heavy atom. The molecule has 0 aliphatic carbocycles. The van der Waals surface area contributed by atoms with Gasteiger partial charge in [0.1, 0.15) is 0 Å². The molecule has 19 heavy (non-hydrogen) atoms. The quantitative estimate of drug-likeness (QED) is 0.831. The van der Waals surface area contributed by atoms with Crippen LogP contribution >= 0.6 is 15.9 Å². The average molecular weight is 316 g/mol. The fourth-order valence-corrected chi connectivity index (χ4v) is 2.06. The molecule has 1 N–H and O–H groups in total. The van der Waals surface area contributed by atoms with Crippen LogP contribution in [0.3, 0.4) is 0 Å². The number of amides is 1. The molecule has 0 saturated carbocycles. The summed E-state index contributed by atoms with van der Waals surface area (Å²) in [6, 6.07) is 17.3. The first-order valence-electron chi connectivity index (χ1n) is 5.95. The second kappa shape index (κ2) is 6.34. The van der Waals surface area contributed by atoms with Gasteiger partial charge in [0.25, 0.3) is 5.91 Å². The van der Waals surface area contributed by atoms with Crippen LogP contribution in [0.5, 0.6) is 0 Å². The van der Waals surface area contributed by atoms with Crippen LogP contribution < -0.4 is 5.32 Å². The number of anilines is 1. The van der Waals surface area contributed by atoms with Gasteiger partial charge in [-0.2, -0.15) is 0 Å². The fourth-order valence-electron chi connectivity index (χ4n) is 1.66. The third kappa shape index (κ3) is 4.07. The van der Waals surface area contributed by atoms with Crippen molar-refractivity contribution in [3.8, 4) is 0 Å². The van der Waals surface area contributed by atoms with Crippen molar-refractivity contribution in [2.45, 2.75) is 6.92 Å². The van der Waals surface area contributed by atoms with Crippen LogP contribution in [0.15, 0.2) is 64.6 Å². The van der Waals surface area contributed by atoms with Gasteiger partial charge in [0.15, 0.2) is 0 Å². The Bertz CT molecular complexity index is 605. The van der Waals surface area contributed by atoms with Gasteiger partial charge in [-0.05, 0) is 36.8 Å². The molecule has 0 radical (unpaired) electrons. The molecule has 0 atom stereocenters. The number of hydrogen-bond acceptors (Lipinski definition) is 1. The molecule has 0 heterocycles. The highest BCUT2D eigenvalue weighted by molar-refractivity contribution is 9.10. The van der Waals surface area contributed by atoms with Gasteiger partial charge in [0.2, 0.25) is 0 Å². The van der Waals surface area contributed by atoms with Crippen LogP contribution in [0.2, 0.25) is 0 Å². The van der Waals surface area contributed by atoms with E-state index >= 15 is 0 Å². The SMILES string of the molecule is C/C(=C\c1ccccc1)C(=O)Nc1cccc(Br)c1. The van der Waals surface area contributed by atoms with E-state index < -0.39 is 0 Å². The Labute approximate surface area is 121 Å². The highest BCUT2D eigenvalue weighted by atomic mass is 79.9. The third-order valence-corrected chi connectivity index (χ3v) is 3.12. The topological polar surface area (TPSA) is 29.1 Å². The van der Waals surface area contributed by atoms with E-state index in [0.717, 1.165) is 15.7 Å². The first kappa shape index (κ1) is 13.6. The van der Waals surface area contributed by atoms with E-state index in [1.165, 1.54) is 0 Å². The first-order valence-corrected chi connectivity index (χ1v) is 6.75. The zero-order valence-corrected chi connectivity index (χ0v) is 12.1. The van der Waals surface area contributed by atoms with Crippen molar-refractivity contribution in [1.82, 2.24) is 0 Å². The minimum atomic E-state index is -0.0954. The predicted octanol–water partition coefficient (Wildman–Crippen LogP) is 4.49. The summed E-state index contributed by atoms with van der Waals surface area (Å²) in [4.78, 5) is 12.0. The summed E-state index contributed by atoms with van der Waals surface area (Å²) >= 11 is 3.38. The van der Waals surface area contributed by atoms with Crippen LogP contribution in [-0.2, 0) is 4.79 Å². The molecule has 0 fully saturated rings. The number of benzene rings is 2. The highest BCUT2D eigenvalue weighted by Crippen LogP contribution is 2.16. The molecule has 2 nitrogen and oxygen atoms in total. The van der Waals surface area contributed by atoms with Gasteiger partial charge in [-0.3, -0.25) is 4.79 Å². The first-order chi connectivity index (χ1) is 9.15. The molecule has 0 aromatic heterocycles. The lowest BCUT2D eigenvalue weighted by Gasteiger charge is -2.06. The zero-order chi connectivity index (χ0) is 13.7. The average Bonchev–Trinajstić information content (AvgIpc) is 2.40. The molecule has 1 amide bonds. The van der Waals surface area contributed by atoms with Crippen molar-refractivity contribution in [2.75, 3.05) is 5.32 Å². The summed E-state index contributed by atoms with van der Waals surface area (Å²) in [6.45, 7) is 1.81. The van der Waals surface area contributed by atoms with Crippen molar-refractivity contribution in [3.05, 3.63) is 70.2 Å². The van der Waals surface area contributed by atoms with Crippen LogP contribution in [0.25, 0.3) is 6.08 Å². The van der Waals surface area contributed by atoms with E-state index in [1.54, 1.807) is 6.92 Å². The minimum Gasteiger partial charge on any atom is -0.322 e. The molecular formula is C16H14BrNO. The maximum atomic E-state index is 12.0. The molecule has 96 valence electrons. The van der Waals surface area contributed by atoms with E-state index in [4.69, 9.17) is 0 Å². The third-order valence-electron chi connectivity index (χ3n) is 2.62. The molecule has 0 unspecified atom stereocenters. The number of carbonyl (C=O) groups is 1. The van der Waals surface area contributed by atoms with Crippen molar-refractivity contribution in [3.63, 3.8) is 0 Å². The summed E-state index contributed by atoms with van der Waals surface area (Å²) in [6.07, 6.45) is 1.87. The van der Waals surface area contributed by atoms with E-state index in [0.29, 0.717) is 5.57 Å². The lowest BCUT2D eigenvalue weighted by Crippen LogP contribution is -2.12. The van der Waals surface area contributed by atoms with Gasteiger partial charge in [0, 0.05) is 15.7 Å². The molecule has 2 aromatic rings. The Morgan fingerprint density at radius 3 is 2.53 bits per heavy atom. The maximum Gasteiger partial charge on any atom is 0.251 e. The van der Waals surface area contributed by atoms with Crippen LogP contribution in [0.4, 0.5) is 5.69 Å². The molecule has 0 spiro atoms. The second-order valence-electron chi connectivity index (χ2n) is 4.20. The van der Waals surface area contributed by atoms with Gasteiger partial charge in [-0.15, -0.1) is 0 Å². The number of hydrogen-bond donors (Lipinski definition) is 1. The highest BCUT2D eigenvalue weighted by Gasteiger charge is 2.05. The minimum absolute atomic E-state index is 0.0954. The van der Waals surface area contributed by atoms with Crippen molar-refractivity contribution < 1.29 is 4.79 Å². The molecule has 0 bridgehead atoms. The van der Waals surface area contributed by atoms with Crippen molar-refractivity contribution in [1.29, 1.82) is 0 Å². The Morgan fingerprint density at radius 2 is 1.84 bits per heavy atom. The summed E-state index contributed by atoms with van der Waals surface area (Å²) in [5.41, 5.74) is 2.47. The van der Waals surface area contributed by atoms with E-state index in [1.807, 2.05) is 60.7 Å². The van der Waals surface area contributed by atoms with Gasteiger partial charge < -0.3 is 5.32 Å². The lowest BCUT2D eigenvalue weighted by molar-refractivity contribution is -0.112. The Kier molecular flexibility index (Phi) is 4.53. The Balaban J connectivity index is 2.10. The summed E-state index contributed by atoms with van der Waals surface area (Å²) < 4.78 is 0.940. The predicted molar refractivity (Wildman–Crippen MR) is 82.9 cm³/mol.